The number of aromatic nitrogens is 1. The number of benzene rings is 2. The van der Waals surface area contributed by atoms with E-state index < -0.39 is 5.82 Å². The molecule has 2 aromatic carbocycles. The second kappa shape index (κ2) is 4.49. The standard InChI is InChI=1S/C16H13FN2O/c1-19-9-13(11-4-2-3-5-15(11)19)16(20)12-8-10(18)6-7-14(12)17/h2-9H,18H2,1H3. The molecule has 2 N–H and O–H groups in total. The molecule has 0 amide bonds. The first kappa shape index (κ1) is 12.4. The molecular formula is C16H13FN2O. The molecule has 3 nitrogen and oxygen atoms in total. The molecule has 4 heteroatoms. The summed E-state index contributed by atoms with van der Waals surface area (Å²) >= 11 is 0. The molecular weight excluding hydrogens is 255 g/mol. The molecule has 0 unspecified atom stereocenters. The molecule has 20 heavy (non-hydrogen) atoms. The SMILES string of the molecule is Cn1cc(C(=O)c2cc(N)ccc2F)c2ccccc21. The predicted octanol–water partition coefficient (Wildman–Crippen LogP) is 3.13. The van der Waals surface area contributed by atoms with Crippen LogP contribution >= 0.6 is 0 Å². The molecule has 1 aromatic heterocycles. The number of anilines is 1. The minimum atomic E-state index is -0.558. The van der Waals surface area contributed by atoms with Crippen molar-refractivity contribution in [1.29, 1.82) is 0 Å². The van der Waals surface area contributed by atoms with Crippen molar-refractivity contribution in [2.75, 3.05) is 5.73 Å². The zero-order valence-electron chi connectivity index (χ0n) is 10.9. The number of rotatable bonds is 2. The second-order valence-electron chi connectivity index (χ2n) is 4.74. The molecule has 0 saturated heterocycles. The first-order valence-corrected chi connectivity index (χ1v) is 6.21. The zero-order valence-corrected chi connectivity index (χ0v) is 10.9. The van der Waals surface area contributed by atoms with Gasteiger partial charge in [0.25, 0.3) is 0 Å². The molecule has 0 radical (unpaired) electrons. The highest BCUT2D eigenvalue weighted by Gasteiger charge is 2.18. The molecule has 0 aliphatic carbocycles. The van der Waals surface area contributed by atoms with Gasteiger partial charge in [-0.15, -0.1) is 0 Å². The van der Waals surface area contributed by atoms with Crippen LogP contribution in [0, 0.1) is 5.82 Å². The molecule has 3 rings (SSSR count). The Bertz CT molecular complexity index is 820. The van der Waals surface area contributed by atoms with Gasteiger partial charge in [0.1, 0.15) is 5.82 Å². The number of nitrogens with zero attached hydrogens (tertiary/aromatic N) is 1. The van der Waals surface area contributed by atoms with Gasteiger partial charge in [0.05, 0.1) is 5.56 Å². The van der Waals surface area contributed by atoms with Crippen molar-refractivity contribution >= 4 is 22.4 Å². The van der Waals surface area contributed by atoms with E-state index in [0.29, 0.717) is 11.3 Å². The van der Waals surface area contributed by atoms with Crippen molar-refractivity contribution in [2.45, 2.75) is 0 Å². The molecule has 0 saturated carbocycles. The third-order valence-electron chi connectivity index (χ3n) is 3.38. The molecule has 1 heterocycles. The summed E-state index contributed by atoms with van der Waals surface area (Å²) in [5.74, 6) is -0.913. The Kier molecular flexibility index (Phi) is 2.79. The van der Waals surface area contributed by atoms with Gasteiger partial charge in [0, 0.05) is 35.4 Å². The van der Waals surface area contributed by atoms with Gasteiger partial charge in [-0.3, -0.25) is 4.79 Å². The van der Waals surface area contributed by atoms with Gasteiger partial charge in [-0.25, -0.2) is 4.39 Å². The van der Waals surface area contributed by atoms with E-state index in [0.717, 1.165) is 10.9 Å². The van der Waals surface area contributed by atoms with Crippen molar-refractivity contribution in [2.24, 2.45) is 7.05 Å². The quantitative estimate of drug-likeness (QED) is 0.573. The Balaban J connectivity index is 2.20. The summed E-state index contributed by atoms with van der Waals surface area (Å²) < 4.78 is 15.7. The van der Waals surface area contributed by atoms with Crippen molar-refractivity contribution in [1.82, 2.24) is 4.57 Å². The number of hydrogen-bond acceptors (Lipinski definition) is 2. The number of para-hydroxylation sites is 1. The molecule has 0 atom stereocenters. The number of hydrogen-bond donors (Lipinski definition) is 1. The topological polar surface area (TPSA) is 48.0 Å². The van der Waals surface area contributed by atoms with Crippen LogP contribution in [0.5, 0.6) is 0 Å². The van der Waals surface area contributed by atoms with Gasteiger partial charge in [-0.1, -0.05) is 18.2 Å². The van der Waals surface area contributed by atoms with E-state index in [1.807, 2.05) is 35.9 Å². The number of nitrogens with two attached hydrogens (primary N) is 1. The maximum atomic E-state index is 13.8. The van der Waals surface area contributed by atoms with E-state index in [9.17, 15) is 9.18 Å². The van der Waals surface area contributed by atoms with Crippen molar-refractivity contribution in [3.8, 4) is 0 Å². The summed E-state index contributed by atoms with van der Waals surface area (Å²) in [7, 11) is 1.86. The highest BCUT2D eigenvalue weighted by molar-refractivity contribution is 6.16. The van der Waals surface area contributed by atoms with Crippen LogP contribution in [0.1, 0.15) is 15.9 Å². The Morgan fingerprint density at radius 3 is 2.70 bits per heavy atom. The Hall–Kier alpha value is -2.62. The summed E-state index contributed by atoms with van der Waals surface area (Å²) in [4.78, 5) is 12.5. The normalized spacial score (nSPS) is 10.9. The van der Waals surface area contributed by atoms with E-state index in [2.05, 4.69) is 0 Å². The van der Waals surface area contributed by atoms with Gasteiger partial charge in [0.2, 0.25) is 0 Å². The van der Waals surface area contributed by atoms with Crippen LogP contribution in [0.15, 0.2) is 48.7 Å². The Morgan fingerprint density at radius 1 is 1.15 bits per heavy atom. The van der Waals surface area contributed by atoms with Crippen LogP contribution in [0.4, 0.5) is 10.1 Å². The zero-order chi connectivity index (χ0) is 14.3. The number of fused-ring (bicyclic) bond motifs is 1. The molecule has 0 aliphatic rings. The lowest BCUT2D eigenvalue weighted by Crippen LogP contribution is -2.04. The molecule has 0 fully saturated rings. The molecule has 100 valence electrons. The average molecular weight is 268 g/mol. The third-order valence-corrected chi connectivity index (χ3v) is 3.38. The molecule has 3 aromatic rings. The van der Waals surface area contributed by atoms with Crippen LogP contribution in [0.2, 0.25) is 0 Å². The number of halogens is 1. The predicted molar refractivity (Wildman–Crippen MR) is 77.2 cm³/mol. The van der Waals surface area contributed by atoms with Crippen molar-refractivity contribution < 1.29 is 9.18 Å². The first-order chi connectivity index (χ1) is 9.58. The van der Waals surface area contributed by atoms with Crippen molar-refractivity contribution in [3.63, 3.8) is 0 Å². The van der Waals surface area contributed by atoms with Gasteiger partial charge in [-0.2, -0.15) is 0 Å². The molecule has 0 spiro atoms. The molecule has 0 aliphatic heterocycles. The summed E-state index contributed by atoms with van der Waals surface area (Å²) in [6.07, 6.45) is 1.72. The Labute approximate surface area is 115 Å². The number of nitrogen functional groups attached to an aromatic ring is 1. The molecule has 0 bridgehead atoms. The first-order valence-electron chi connectivity index (χ1n) is 6.21. The average Bonchev–Trinajstić information content (AvgIpc) is 2.79. The number of ketones is 1. The fourth-order valence-electron chi connectivity index (χ4n) is 2.38. The Morgan fingerprint density at radius 2 is 1.90 bits per heavy atom. The lowest BCUT2D eigenvalue weighted by atomic mass is 10.0. The van der Waals surface area contributed by atoms with Crippen molar-refractivity contribution in [3.05, 3.63) is 65.6 Å². The van der Waals surface area contributed by atoms with E-state index >= 15 is 0 Å². The fraction of sp³-hybridized carbons (Fsp3) is 0.0625. The fourth-order valence-corrected chi connectivity index (χ4v) is 2.38. The highest BCUT2D eigenvalue weighted by atomic mass is 19.1. The summed E-state index contributed by atoms with van der Waals surface area (Å²) in [6.45, 7) is 0. The maximum Gasteiger partial charge on any atom is 0.198 e. The highest BCUT2D eigenvalue weighted by Crippen LogP contribution is 2.24. The summed E-state index contributed by atoms with van der Waals surface area (Å²) in [5, 5.41) is 0.807. The number of carbonyl (C=O) groups is 1. The van der Waals surface area contributed by atoms with Gasteiger partial charge in [-0.05, 0) is 24.3 Å². The van der Waals surface area contributed by atoms with E-state index in [1.165, 1.54) is 18.2 Å². The maximum absolute atomic E-state index is 13.8. The van der Waals surface area contributed by atoms with Crippen LogP contribution in [-0.2, 0) is 7.05 Å². The van der Waals surface area contributed by atoms with E-state index in [4.69, 9.17) is 5.73 Å². The monoisotopic (exact) mass is 268 g/mol. The van der Waals surface area contributed by atoms with Gasteiger partial charge in [0.15, 0.2) is 5.78 Å². The second-order valence-corrected chi connectivity index (χ2v) is 4.74. The van der Waals surface area contributed by atoms with Crippen LogP contribution in [0.25, 0.3) is 10.9 Å². The lowest BCUT2D eigenvalue weighted by Gasteiger charge is -2.03. The van der Waals surface area contributed by atoms with Crippen LogP contribution in [-0.4, -0.2) is 10.4 Å². The number of aryl methyl sites for hydroxylation is 1. The minimum Gasteiger partial charge on any atom is -0.399 e. The number of carbonyl (C=O) groups excluding carboxylic acids is 1. The van der Waals surface area contributed by atoms with E-state index in [1.54, 1.807) is 6.20 Å². The third kappa shape index (κ3) is 1.86. The largest absolute Gasteiger partial charge is 0.399 e. The van der Waals surface area contributed by atoms with Crippen LogP contribution < -0.4 is 5.73 Å². The van der Waals surface area contributed by atoms with Crippen LogP contribution in [0.3, 0.4) is 0 Å². The summed E-state index contributed by atoms with van der Waals surface area (Å²) in [5.41, 5.74) is 7.42. The van der Waals surface area contributed by atoms with E-state index in [-0.39, 0.29) is 11.3 Å². The van der Waals surface area contributed by atoms with Gasteiger partial charge < -0.3 is 10.3 Å². The smallest absolute Gasteiger partial charge is 0.198 e. The van der Waals surface area contributed by atoms with Gasteiger partial charge >= 0.3 is 0 Å². The summed E-state index contributed by atoms with van der Waals surface area (Å²) in [6, 6.07) is 11.6. The minimum absolute atomic E-state index is 0.00125. The lowest BCUT2D eigenvalue weighted by molar-refractivity contribution is 0.103.